The summed E-state index contributed by atoms with van der Waals surface area (Å²) >= 11 is 5.79. The number of halogens is 4. The molecule has 1 fully saturated rings. The summed E-state index contributed by atoms with van der Waals surface area (Å²) in [5, 5.41) is 6.58. The van der Waals surface area contributed by atoms with Crippen LogP contribution in [-0.4, -0.2) is 43.7 Å². The Hall–Kier alpha value is -3.99. The van der Waals surface area contributed by atoms with E-state index in [0.29, 0.717) is 12.2 Å². The minimum Gasteiger partial charge on any atom is -0.356 e. The normalized spacial score (nSPS) is 13.1. The molecule has 12 heteroatoms. The van der Waals surface area contributed by atoms with Gasteiger partial charge in [-0.1, -0.05) is 17.7 Å². The first kappa shape index (κ1) is 24.7. The van der Waals surface area contributed by atoms with Gasteiger partial charge in [0.2, 0.25) is 0 Å². The molecule has 5 rings (SSSR count). The van der Waals surface area contributed by atoms with Crippen molar-refractivity contribution in [2.45, 2.75) is 26.3 Å². The molecular formula is C25H21ClF3N7O. The molecule has 1 aliphatic heterocycles. The number of nitrogens with one attached hydrogen (secondary N) is 1. The molecule has 8 nitrogen and oxygen atoms in total. The van der Waals surface area contributed by atoms with Crippen molar-refractivity contribution in [2.24, 2.45) is 0 Å². The molecule has 3 aromatic heterocycles. The number of alkyl halides is 2. The van der Waals surface area contributed by atoms with Crippen LogP contribution in [0.4, 0.5) is 24.7 Å². The van der Waals surface area contributed by atoms with Gasteiger partial charge < -0.3 is 10.2 Å². The molecule has 4 aromatic rings. The van der Waals surface area contributed by atoms with Gasteiger partial charge in [0.1, 0.15) is 11.5 Å². The molecule has 37 heavy (non-hydrogen) atoms. The van der Waals surface area contributed by atoms with Crippen LogP contribution in [0.2, 0.25) is 5.02 Å². The van der Waals surface area contributed by atoms with E-state index in [-0.39, 0.29) is 16.4 Å². The Bertz CT molecular complexity index is 1470. The van der Waals surface area contributed by atoms with Crippen molar-refractivity contribution in [3.63, 3.8) is 0 Å². The monoisotopic (exact) mass is 527 g/mol. The van der Waals surface area contributed by atoms with Crippen molar-refractivity contribution in [1.82, 2.24) is 24.7 Å². The quantitative estimate of drug-likeness (QED) is 0.351. The van der Waals surface area contributed by atoms with E-state index in [2.05, 4.69) is 36.3 Å². The topological polar surface area (TPSA) is 88.8 Å². The average Bonchev–Trinajstić information content (AvgIpc) is 3.28. The maximum Gasteiger partial charge on any atom is 0.275 e. The van der Waals surface area contributed by atoms with E-state index in [0.717, 1.165) is 54.6 Å². The first-order valence-corrected chi connectivity index (χ1v) is 11.8. The number of aromatic nitrogens is 5. The Kier molecular flexibility index (Phi) is 6.79. The molecule has 1 N–H and O–H groups in total. The third-order valence-corrected chi connectivity index (χ3v) is 6.39. The number of carbonyl (C=O) groups excluding carboxylic acids is 1. The number of nitrogens with zero attached hydrogens (tertiary/aromatic N) is 6. The van der Waals surface area contributed by atoms with Gasteiger partial charge in [0.05, 0.1) is 41.5 Å². The highest BCUT2D eigenvalue weighted by atomic mass is 35.5. The molecule has 0 radical (unpaired) electrons. The number of rotatable bonds is 7. The first-order chi connectivity index (χ1) is 17.8. The van der Waals surface area contributed by atoms with Crippen LogP contribution < -0.4 is 10.2 Å². The molecule has 0 atom stereocenters. The maximum absolute atomic E-state index is 14.6. The van der Waals surface area contributed by atoms with Gasteiger partial charge in [0, 0.05) is 36.6 Å². The highest BCUT2D eigenvalue weighted by molar-refractivity contribution is 6.31. The Labute approximate surface area is 215 Å². The molecule has 1 aromatic carbocycles. The summed E-state index contributed by atoms with van der Waals surface area (Å²) in [6, 6.07) is 4.11. The van der Waals surface area contributed by atoms with E-state index >= 15 is 0 Å². The van der Waals surface area contributed by atoms with Crippen molar-refractivity contribution in [2.75, 3.05) is 23.3 Å². The Morgan fingerprint density at radius 3 is 2.70 bits per heavy atom. The molecule has 0 saturated carbocycles. The fourth-order valence-corrected chi connectivity index (χ4v) is 4.10. The molecule has 1 amide bonds. The Morgan fingerprint density at radius 2 is 2.00 bits per heavy atom. The summed E-state index contributed by atoms with van der Waals surface area (Å²) in [7, 11) is 0. The van der Waals surface area contributed by atoms with E-state index < -0.39 is 29.3 Å². The summed E-state index contributed by atoms with van der Waals surface area (Å²) in [6.07, 6.45) is 5.39. The second-order valence-electron chi connectivity index (χ2n) is 8.61. The van der Waals surface area contributed by atoms with Crippen LogP contribution in [0.3, 0.4) is 0 Å². The van der Waals surface area contributed by atoms with Gasteiger partial charge >= 0.3 is 0 Å². The Morgan fingerprint density at radius 1 is 1.19 bits per heavy atom. The summed E-state index contributed by atoms with van der Waals surface area (Å²) < 4.78 is 43.2. The number of pyridine rings is 1. The summed E-state index contributed by atoms with van der Waals surface area (Å²) in [4.78, 5) is 27.5. The van der Waals surface area contributed by atoms with Crippen LogP contribution in [0.15, 0.2) is 49.2 Å². The zero-order chi connectivity index (χ0) is 26.1. The number of aryl methyl sites for hydroxylation is 1. The number of anilines is 2. The standard InChI is InChI=1S/C25H21ClF3N7O/c1-14-7-21(35-5-2-6-35)31-8-15(14)12-36-13-16(9-32-36)33-25(37)20-11-30-10-19(34-20)22-17(24(28)29)3-4-18(26)23(22)27/h3-4,7-11,13,24H,2,5-6,12H2,1H3,(H,33,37). The highest BCUT2D eigenvalue weighted by Crippen LogP contribution is 2.35. The minimum atomic E-state index is -2.97. The number of carbonyl (C=O) groups is 1. The van der Waals surface area contributed by atoms with Crippen LogP contribution in [0.1, 0.15) is 40.0 Å². The van der Waals surface area contributed by atoms with Gasteiger partial charge in [0.15, 0.2) is 5.82 Å². The zero-order valence-corrected chi connectivity index (χ0v) is 20.4. The van der Waals surface area contributed by atoms with Crippen LogP contribution in [0.5, 0.6) is 0 Å². The number of benzene rings is 1. The minimum absolute atomic E-state index is 0.188. The lowest BCUT2D eigenvalue weighted by molar-refractivity contribution is 0.102. The molecule has 0 spiro atoms. The van der Waals surface area contributed by atoms with Gasteiger partial charge in [-0.05, 0) is 36.6 Å². The van der Waals surface area contributed by atoms with Gasteiger partial charge in [0.25, 0.3) is 12.3 Å². The van der Waals surface area contributed by atoms with Crippen LogP contribution in [-0.2, 0) is 6.54 Å². The molecule has 1 saturated heterocycles. The third-order valence-electron chi connectivity index (χ3n) is 6.09. The first-order valence-electron chi connectivity index (χ1n) is 11.4. The molecule has 1 aliphatic rings. The van der Waals surface area contributed by atoms with Crippen molar-refractivity contribution < 1.29 is 18.0 Å². The fraction of sp³-hybridized carbons (Fsp3) is 0.240. The van der Waals surface area contributed by atoms with E-state index in [1.54, 1.807) is 10.9 Å². The van der Waals surface area contributed by atoms with Crippen molar-refractivity contribution in [3.05, 3.63) is 82.4 Å². The Balaban J connectivity index is 1.31. The van der Waals surface area contributed by atoms with Crippen molar-refractivity contribution in [1.29, 1.82) is 0 Å². The average molecular weight is 528 g/mol. The van der Waals surface area contributed by atoms with Gasteiger partial charge in [-0.15, -0.1) is 0 Å². The summed E-state index contributed by atoms with van der Waals surface area (Å²) in [5.74, 6) is -0.760. The van der Waals surface area contributed by atoms with Crippen LogP contribution in [0, 0.1) is 12.7 Å². The fourth-order valence-electron chi connectivity index (χ4n) is 3.94. The van der Waals surface area contributed by atoms with E-state index in [4.69, 9.17) is 11.6 Å². The van der Waals surface area contributed by atoms with Crippen molar-refractivity contribution in [3.8, 4) is 11.3 Å². The third kappa shape index (κ3) is 5.12. The zero-order valence-electron chi connectivity index (χ0n) is 19.6. The SMILES string of the molecule is Cc1cc(N2CCC2)ncc1Cn1cc(NC(=O)c2cncc(-c3c(C(F)F)ccc(Cl)c3F)n2)cn1. The lowest BCUT2D eigenvalue weighted by atomic mass is 10.0. The summed E-state index contributed by atoms with van der Waals surface area (Å²) in [5.41, 5.74) is 0.944. The molecular weight excluding hydrogens is 507 g/mol. The van der Waals surface area contributed by atoms with Crippen LogP contribution >= 0.6 is 11.6 Å². The molecule has 4 heterocycles. The lowest BCUT2D eigenvalue weighted by Gasteiger charge is -2.32. The predicted molar refractivity (Wildman–Crippen MR) is 132 cm³/mol. The molecule has 0 aliphatic carbocycles. The number of hydrogen-bond acceptors (Lipinski definition) is 6. The largest absolute Gasteiger partial charge is 0.356 e. The summed E-state index contributed by atoms with van der Waals surface area (Å²) in [6.45, 7) is 4.50. The highest BCUT2D eigenvalue weighted by Gasteiger charge is 2.23. The smallest absolute Gasteiger partial charge is 0.275 e. The number of hydrogen-bond donors (Lipinski definition) is 1. The molecule has 190 valence electrons. The van der Waals surface area contributed by atoms with E-state index in [1.807, 2.05) is 13.1 Å². The van der Waals surface area contributed by atoms with Gasteiger partial charge in [-0.25, -0.2) is 23.1 Å². The van der Waals surface area contributed by atoms with Crippen LogP contribution in [0.25, 0.3) is 11.3 Å². The van der Waals surface area contributed by atoms with Crippen molar-refractivity contribution >= 4 is 29.0 Å². The molecule has 0 unspecified atom stereocenters. The molecule has 0 bridgehead atoms. The maximum atomic E-state index is 14.6. The van der Waals surface area contributed by atoms with E-state index in [1.165, 1.54) is 12.6 Å². The second kappa shape index (κ2) is 10.2. The number of amides is 1. The van der Waals surface area contributed by atoms with E-state index in [9.17, 15) is 18.0 Å². The van der Waals surface area contributed by atoms with Gasteiger partial charge in [-0.3, -0.25) is 14.5 Å². The lowest BCUT2D eigenvalue weighted by Crippen LogP contribution is -2.37. The second-order valence-corrected chi connectivity index (χ2v) is 9.01. The van der Waals surface area contributed by atoms with Gasteiger partial charge in [-0.2, -0.15) is 5.10 Å². The predicted octanol–water partition coefficient (Wildman–Crippen LogP) is 5.28.